The molecule has 1 saturated heterocycles. The number of piperidine rings is 1. The van der Waals surface area contributed by atoms with Crippen molar-refractivity contribution in [2.75, 3.05) is 13.1 Å². The van der Waals surface area contributed by atoms with Gasteiger partial charge in [-0.2, -0.15) is 13.2 Å². The van der Waals surface area contributed by atoms with Crippen molar-refractivity contribution in [3.63, 3.8) is 0 Å². The van der Waals surface area contributed by atoms with Crippen molar-refractivity contribution in [2.24, 2.45) is 11.8 Å². The molecule has 1 fully saturated rings. The molecule has 3 atom stereocenters. The molecule has 0 saturated carbocycles. The summed E-state index contributed by atoms with van der Waals surface area (Å²) < 4.78 is 40.4. The minimum Gasteiger partial charge on any atom is -0.341 e. The van der Waals surface area contributed by atoms with E-state index in [1.54, 1.807) is 6.92 Å². The lowest BCUT2D eigenvalue weighted by atomic mass is 9.92. The third kappa shape index (κ3) is 4.34. The Hall–Kier alpha value is -1.48. The number of thioether (sulfide) groups is 1. The second kappa shape index (κ2) is 7.50. The lowest BCUT2D eigenvalue weighted by Gasteiger charge is -2.36. The highest BCUT2D eigenvalue weighted by Crippen LogP contribution is 2.34. The zero-order valence-electron chi connectivity index (χ0n) is 15.1. The van der Waals surface area contributed by atoms with Gasteiger partial charge in [0.05, 0.1) is 15.8 Å². The molecule has 3 heterocycles. The van der Waals surface area contributed by atoms with Crippen molar-refractivity contribution >= 4 is 34.9 Å². The van der Waals surface area contributed by atoms with E-state index in [1.807, 2.05) is 4.90 Å². The molecular weight excluding hydrogens is 401 g/mol. The van der Waals surface area contributed by atoms with E-state index in [9.17, 15) is 18.0 Å². The van der Waals surface area contributed by atoms with E-state index in [0.717, 1.165) is 30.4 Å². The maximum absolute atomic E-state index is 13.1. The second-order valence-corrected chi connectivity index (χ2v) is 8.92. The van der Waals surface area contributed by atoms with Crippen LogP contribution in [0.3, 0.4) is 0 Å². The molecule has 0 bridgehead atoms. The van der Waals surface area contributed by atoms with Gasteiger partial charge in [-0.25, -0.2) is 0 Å². The maximum Gasteiger partial charge on any atom is 0.417 e. The molecule has 1 amide bonds. The van der Waals surface area contributed by atoms with Crippen LogP contribution in [-0.2, 0) is 11.0 Å². The Labute approximate surface area is 164 Å². The highest BCUT2D eigenvalue weighted by Gasteiger charge is 2.33. The highest BCUT2D eigenvalue weighted by atomic mass is 35.5. The van der Waals surface area contributed by atoms with Gasteiger partial charge in [-0.15, -0.1) is 10.2 Å². The number of likely N-dealkylation sites (tertiary alicyclic amines) is 1. The summed E-state index contributed by atoms with van der Waals surface area (Å²) in [6, 6.07) is 0.825. The molecule has 0 spiro atoms. The van der Waals surface area contributed by atoms with Gasteiger partial charge in [-0.1, -0.05) is 37.2 Å². The molecule has 3 unspecified atom stereocenters. The standard InChI is InChI=1S/C17H20ClF3N4OS/c1-9-4-10(2)7-24(6-9)15(26)11(3)27-16-23-22-14-13(18)5-12(8-25(14)16)17(19,20)21/h5,8-11H,4,6-7H2,1-3H3. The van der Waals surface area contributed by atoms with Gasteiger partial charge in [0.25, 0.3) is 0 Å². The maximum atomic E-state index is 13.1. The van der Waals surface area contributed by atoms with E-state index < -0.39 is 17.0 Å². The van der Waals surface area contributed by atoms with Crippen LogP contribution in [0.5, 0.6) is 0 Å². The summed E-state index contributed by atoms with van der Waals surface area (Å²) in [7, 11) is 0. The van der Waals surface area contributed by atoms with Crippen LogP contribution in [0.15, 0.2) is 17.4 Å². The van der Waals surface area contributed by atoms with Crippen LogP contribution in [0, 0.1) is 11.8 Å². The van der Waals surface area contributed by atoms with Crippen LogP contribution >= 0.6 is 23.4 Å². The Kier molecular flexibility index (Phi) is 5.63. The SMILES string of the molecule is CC1CC(C)CN(C(=O)C(C)Sc2nnc3c(Cl)cc(C(F)(F)F)cn23)C1. The van der Waals surface area contributed by atoms with Gasteiger partial charge in [0.15, 0.2) is 10.8 Å². The Morgan fingerprint density at radius 1 is 1.30 bits per heavy atom. The van der Waals surface area contributed by atoms with E-state index in [2.05, 4.69) is 24.0 Å². The van der Waals surface area contributed by atoms with E-state index >= 15 is 0 Å². The number of aromatic nitrogens is 3. The van der Waals surface area contributed by atoms with Crippen LogP contribution in [0.1, 0.15) is 32.8 Å². The fraction of sp³-hybridized carbons (Fsp3) is 0.588. The van der Waals surface area contributed by atoms with Gasteiger partial charge in [0, 0.05) is 19.3 Å². The largest absolute Gasteiger partial charge is 0.417 e. The van der Waals surface area contributed by atoms with Gasteiger partial charge in [0.1, 0.15) is 0 Å². The summed E-state index contributed by atoms with van der Waals surface area (Å²) in [4.78, 5) is 14.6. The number of rotatable bonds is 3. The number of alkyl halides is 3. The first-order chi connectivity index (χ1) is 12.6. The number of fused-ring (bicyclic) bond motifs is 1. The smallest absolute Gasteiger partial charge is 0.341 e. The fourth-order valence-electron chi connectivity index (χ4n) is 3.48. The van der Waals surface area contributed by atoms with Crippen molar-refractivity contribution in [3.05, 3.63) is 22.8 Å². The van der Waals surface area contributed by atoms with Crippen molar-refractivity contribution in [1.82, 2.24) is 19.5 Å². The zero-order valence-corrected chi connectivity index (χ0v) is 16.7. The van der Waals surface area contributed by atoms with Gasteiger partial charge < -0.3 is 4.90 Å². The van der Waals surface area contributed by atoms with Crippen LogP contribution in [-0.4, -0.2) is 43.7 Å². The molecule has 3 rings (SSSR count). The number of hydrogen-bond acceptors (Lipinski definition) is 4. The average Bonchev–Trinajstić information content (AvgIpc) is 2.96. The Balaban J connectivity index is 1.83. The van der Waals surface area contributed by atoms with Gasteiger partial charge in [-0.05, 0) is 31.2 Å². The van der Waals surface area contributed by atoms with Crippen LogP contribution in [0.2, 0.25) is 5.02 Å². The number of pyridine rings is 1. The summed E-state index contributed by atoms with van der Waals surface area (Å²) in [6.07, 6.45) is -2.55. The lowest BCUT2D eigenvalue weighted by Crippen LogP contribution is -2.45. The molecule has 2 aromatic rings. The van der Waals surface area contributed by atoms with Crippen molar-refractivity contribution < 1.29 is 18.0 Å². The van der Waals surface area contributed by atoms with Crippen molar-refractivity contribution in [2.45, 2.75) is 43.8 Å². The molecule has 0 aliphatic carbocycles. The third-order valence-corrected chi connectivity index (χ3v) is 5.89. The number of hydrogen-bond donors (Lipinski definition) is 0. The summed E-state index contributed by atoms with van der Waals surface area (Å²) in [5.74, 6) is 0.808. The monoisotopic (exact) mass is 420 g/mol. The molecule has 0 N–H and O–H groups in total. The molecular formula is C17H20ClF3N4OS. The van der Waals surface area contributed by atoms with Crippen LogP contribution in [0.25, 0.3) is 5.65 Å². The van der Waals surface area contributed by atoms with Crippen LogP contribution < -0.4 is 0 Å². The normalized spacial score (nSPS) is 22.3. The van der Waals surface area contributed by atoms with Gasteiger partial charge in [-0.3, -0.25) is 9.20 Å². The molecule has 2 aromatic heterocycles. The predicted molar refractivity (Wildman–Crippen MR) is 97.8 cm³/mol. The van der Waals surface area contributed by atoms with Crippen molar-refractivity contribution in [3.8, 4) is 0 Å². The van der Waals surface area contributed by atoms with Crippen LogP contribution in [0.4, 0.5) is 13.2 Å². The number of halogens is 4. The first-order valence-corrected chi connectivity index (χ1v) is 9.89. The lowest BCUT2D eigenvalue weighted by molar-refractivity contribution is -0.138. The van der Waals surface area contributed by atoms with E-state index in [0.29, 0.717) is 24.9 Å². The van der Waals surface area contributed by atoms with Crippen molar-refractivity contribution in [1.29, 1.82) is 0 Å². The predicted octanol–water partition coefficient (Wildman–Crippen LogP) is 4.39. The Bertz CT molecular complexity index is 847. The molecule has 0 radical (unpaired) electrons. The average molecular weight is 421 g/mol. The summed E-state index contributed by atoms with van der Waals surface area (Å²) in [5, 5.41) is 7.36. The first-order valence-electron chi connectivity index (χ1n) is 8.63. The number of nitrogens with zero attached hydrogens (tertiary/aromatic N) is 4. The number of carbonyl (C=O) groups is 1. The summed E-state index contributed by atoms with van der Waals surface area (Å²) >= 11 is 7.01. The summed E-state index contributed by atoms with van der Waals surface area (Å²) in [6.45, 7) is 7.34. The zero-order chi connectivity index (χ0) is 19.9. The Morgan fingerprint density at radius 3 is 2.52 bits per heavy atom. The van der Waals surface area contributed by atoms with E-state index in [-0.39, 0.29) is 21.7 Å². The molecule has 10 heteroatoms. The second-order valence-electron chi connectivity index (χ2n) is 7.20. The number of carbonyl (C=O) groups excluding carboxylic acids is 1. The molecule has 1 aliphatic heterocycles. The molecule has 0 aromatic carbocycles. The minimum atomic E-state index is -4.54. The topological polar surface area (TPSA) is 50.5 Å². The summed E-state index contributed by atoms with van der Waals surface area (Å²) in [5.41, 5.74) is -0.758. The highest BCUT2D eigenvalue weighted by molar-refractivity contribution is 8.00. The molecule has 1 aliphatic rings. The molecule has 148 valence electrons. The van der Waals surface area contributed by atoms with Gasteiger partial charge >= 0.3 is 6.18 Å². The van der Waals surface area contributed by atoms with E-state index in [1.165, 1.54) is 4.40 Å². The van der Waals surface area contributed by atoms with E-state index in [4.69, 9.17) is 11.6 Å². The Morgan fingerprint density at radius 2 is 1.93 bits per heavy atom. The quantitative estimate of drug-likeness (QED) is 0.691. The third-order valence-electron chi connectivity index (χ3n) is 4.57. The minimum absolute atomic E-state index is 0.0479. The first kappa shape index (κ1) is 20.3. The fourth-order valence-corrected chi connectivity index (χ4v) is 4.63. The molecule has 27 heavy (non-hydrogen) atoms. The van der Waals surface area contributed by atoms with Gasteiger partial charge in [0.2, 0.25) is 5.91 Å². The molecule has 5 nitrogen and oxygen atoms in total. The number of amides is 1.